The number of rotatable bonds is 7. The predicted octanol–water partition coefficient (Wildman–Crippen LogP) is 4.13. The summed E-state index contributed by atoms with van der Waals surface area (Å²) in [4.78, 5) is 24.9. The lowest BCUT2D eigenvalue weighted by molar-refractivity contribution is 0.0950. The number of benzene rings is 2. The van der Waals surface area contributed by atoms with Crippen LogP contribution in [0.4, 0.5) is 0 Å². The monoisotopic (exact) mass is 471 g/mol. The smallest absolute Gasteiger partial charge is 0.251 e. The SMILES string of the molecule is COc1ncccc1-c1ccc(O)c(-c2nc3ccc(C(=O)NCCC4CCNCC4)cc3[nH]2)c1. The lowest BCUT2D eigenvalue weighted by Crippen LogP contribution is -2.31. The van der Waals surface area contributed by atoms with Gasteiger partial charge in [-0.05, 0) is 86.3 Å². The Morgan fingerprint density at radius 1 is 1.14 bits per heavy atom. The Kier molecular flexibility index (Phi) is 6.63. The maximum absolute atomic E-state index is 12.7. The molecule has 0 aliphatic carbocycles. The molecule has 1 amide bonds. The third kappa shape index (κ3) is 4.97. The maximum Gasteiger partial charge on any atom is 0.251 e. The third-order valence-electron chi connectivity index (χ3n) is 6.57. The molecule has 5 rings (SSSR count). The van der Waals surface area contributed by atoms with Crippen molar-refractivity contribution >= 4 is 16.9 Å². The van der Waals surface area contributed by atoms with Crippen LogP contribution in [0, 0.1) is 5.92 Å². The van der Waals surface area contributed by atoms with Crippen molar-refractivity contribution in [3.8, 4) is 34.1 Å². The van der Waals surface area contributed by atoms with Crippen molar-refractivity contribution in [2.75, 3.05) is 26.7 Å². The molecule has 0 spiro atoms. The first-order valence-electron chi connectivity index (χ1n) is 11.9. The van der Waals surface area contributed by atoms with Crippen LogP contribution < -0.4 is 15.4 Å². The van der Waals surface area contributed by atoms with Crippen LogP contribution in [-0.4, -0.2) is 52.7 Å². The van der Waals surface area contributed by atoms with E-state index in [4.69, 9.17) is 4.74 Å². The van der Waals surface area contributed by atoms with E-state index in [1.54, 1.807) is 31.5 Å². The normalized spacial score (nSPS) is 14.2. The summed E-state index contributed by atoms with van der Waals surface area (Å²) in [6, 6.07) is 14.4. The number of fused-ring (bicyclic) bond motifs is 1. The standard InChI is InChI=1S/C27H29N5O3/c1-35-27-20(3-2-11-30-27)18-5-7-24(33)21(15-18)25-31-22-6-4-19(16-23(22)32-25)26(34)29-14-10-17-8-12-28-13-9-17/h2-7,11,15-17,28,33H,8-10,12-14H2,1H3,(H,29,34)(H,31,32). The van der Waals surface area contributed by atoms with Gasteiger partial charge in [0.1, 0.15) is 11.6 Å². The minimum atomic E-state index is -0.0921. The summed E-state index contributed by atoms with van der Waals surface area (Å²) in [5.41, 5.74) is 4.24. The highest BCUT2D eigenvalue weighted by molar-refractivity contribution is 5.97. The molecule has 0 radical (unpaired) electrons. The first kappa shape index (κ1) is 22.9. The number of hydrogen-bond donors (Lipinski definition) is 4. The Hall–Kier alpha value is -3.91. The van der Waals surface area contributed by atoms with Gasteiger partial charge in [0, 0.05) is 23.9 Å². The van der Waals surface area contributed by atoms with E-state index in [9.17, 15) is 9.90 Å². The highest BCUT2D eigenvalue weighted by atomic mass is 16.5. The van der Waals surface area contributed by atoms with Gasteiger partial charge in [0.15, 0.2) is 0 Å². The zero-order chi connectivity index (χ0) is 24.2. The quantitative estimate of drug-likeness (QED) is 0.323. The van der Waals surface area contributed by atoms with Crippen molar-refractivity contribution in [1.82, 2.24) is 25.6 Å². The molecule has 1 aliphatic rings. The molecule has 1 fully saturated rings. The van der Waals surface area contributed by atoms with Gasteiger partial charge in [-0.15, -0.1) is 0 Å². The first-order chi connectivity index (χ1) is 17.1. The van der Waals surface area contributed by atoms with Gasteiger partial charge in [-0.1, -0.05) is 6.07 Å². The van der Waals surface area contributed by atoms with Crippen molar-refractivity contribution in [1.29, 1.82) is 0 Å². The van der Waals surface area contributed by atoms with E-state index in [1.807, 2.05) is 30.3 Å². The third-order valence-corrected chi connectivity index (χ3v) is 6.57. The molecule has 4 aromatic rings. The minimum absolute atomic E-state index is 0.0921. The average Bonchev–Trinajstić information content (AvgIpc) is 3.33. The van der Waals surface area contributed by atoms with Gasteiger partial charge in [-0.3, -0.25) is 4.79 Å². The summed E-state index contributed by atoms with van der Waals surface area (Å²) < 4.78 is 5.38. The highest BCUT2D eigenvalue weighted by Gasteiger charge is 2.16. The maximum atomic E-state index is 12.7. The highest BCUT2D eigenvalue weighted by Crippen LogP contribution is 2.35. The van der Waals surface area contributed by atoms with Gasteiger partial charge in [0.05, 0.1) is 23.7 Å². The molecule has 2 aromatic heterocycles. The average molecular weight is 472 g/mol. The largest absolute Gasteiger partial charge is 0.507 e. The number of hydrogen-bond acceptors (Lipinski definition) is 6. The van der Waals surface area contributed by atoms with Crippen LogP contribution in [0.1, 0.15) is 29.6 Å². The molecule has 0 atom stereocenters. The number of H-pyrrole nitrogens is 1. The molecule has 1 aliphatic heterocycles. The summed E-state index contributed by atoms with van der Waals surface area (Å²) >= 11 is 0. The van der Waals surface area contributed by atoms with E-state index < -0.39 is 0 Å². The summed E-state index contributed by atoms with van der Waals surface area (Å²) in [7, 11) is 1.58. The van der Waals surface area contributed by atoms with E-state index in [0.717, 1.165) is 41.7 Å². The molecular weight excluding hydrogens is 442 g/mol. The second kappa shape index (κ2) is 10.1. The summed E-state index contributed by atoms with van der Waals surface area (Å²) in [5, 5.41) is 17.0. The molecule has 1 saturated heterocycles. The predicted molar refractivity (Wildman–Crippen MR) is 136 cm³/mol. The fourth-order valence-electron chi connectivity index (χ4n) is 4.61. The molecule has 8 nitrogen and oxygen atoms in total. The zero-order valence-electron chi connectivity index (χ0n) is 19.7. The fourth-order valence-corrected chi connectivity index (χ4v) is 4.61. The number of aromatic nitrogens is 3. The van der Waals surface area contributed by atoms with Crippen molar-refractivity contribution in [2.45, 2.75) is 19.3 Å². The van der Waals surface area contributed by atoms with Gasteiger partial charge in [0.2, 0.25) is 5.88 Å². The van der Waals surface area contributed by atoms with Crippen LogP contribution in [0.2, 0.25) is 0 Å². The number of carbonyl (C=O) groups excluding carboxylic acids is 1. The molecular formula is C27H29N5O3. The lowest BCUT2D eigenvalue weighted by Gasteiger charge is -2.22. The Balaban J connectivity index is 1.36. The molecule has 0 bridgehead atoms. The molecule has 0 saturated carbocycles. The number of pyridine rings is 1. The zero-order valence-corrected chi connectivity index (χ0v) is 19.7. The van der Waals surface area contributed by atoms with E-state index >= 15 is 0 Å². The number of nitrogens with one attached hydrogen (secondary N) is 3. The molecule has 3 heterocycles. The number of carbonyl (C=O) groups is 1. The van der Waals surface area contributed by atoms with Crippen molar-refractivity contribution in [3.63, 3.8) is 0 Å². The molecule has 180 valence electrons. The van der Waals surface area contributed by atoms with Crippen LogP contribution >= 0.6 is 0 Å². The number of methoxy groups -OCH3 is 1. The molecule has 4 N–H and O–H groups in total. The topological polar surface area (TPSA) is 112 Å². The minimum Gasteiger partial charge on any atom is -0.507 e. The number of aromatic hydroxyl groups is 1. The van der Waals surface area contributed by atoms with E-state index in [1.165, 1.54) is 12.8 Å². The van der Waals surface area contributed by atoms with Crippen molar-refractivity contribution < 1.29 is 14.6 Å². The lowest BCUT2D eigenvalue weighted by atomic mass is 9.95. The summed E-state index contributed by atoms with van der Waals surface area (Å²) in [6.07, 6.45) is 5.01. The second-order valence-electron chi connectivity index (χ2n) is 8.85. The number of piperidine rings is 1. The number of amides is 1. The number of ether oxygens (including phenoxy) is 1. The number of phenols is 1. The fraction of sp³-hybridized carbons (Fsp3) is 0.296. The van der Waals surface area contributed by atoms with Crippen molar-refractivity contribution in [3.05, 3.63) is 60.3 Å². The molecule has 8 heteroatoms. The van der Waals surface area contributed by atoms with E-state index in [2.05, 4.69) is 25.6 Å². The first-order valence-corrected chi connectivity index (χ1v) is 11.9. The molecule has 35 heavy (non-hydrogen) atoms. The van der Waals surface area contributed by atoms with Gasteiger partial charge in [-0.25, -0.2) is 9.97 Å². The van der Waals surface area contributed by atoms with Gasteiger partial charge in [-0.2, -0.15) is 0 Å². The Labute approximate surface area is 203 Å². The van der Waals surface area contributed by atoms with Gasteiger partial charge < -0.3 is 25.5 Å². The van der Waals surface area contributed by atoms with Gasteiger partial charge in [0.25, 0.3) is 5.91 Å². The van der Waals surface area contributed by atoms with Crippen molar-refractivity contribution in [2.24, 2.45) is 5.92 Å². The second-order valence-corrected chi connectivity index (χ2v) is 8.85. The van der Waals surface area contributed by atoms with Crippen LogP contribution in [0.5, 0.6) is 11.6 Å². The number of nitrogens with zero attached hydrogens (tertiary/aromatic N) is 2. The van der Waals surface area contributed by atoms with Crippen LogP contribution in [0.3, 0.4) is 0 Å². The molecule has 0 unspecified atom stereocenters. The number of aromatic amines is 1. The van der Waals surface area contributed by atoms with Gasteiger partial charge >= 0.3 is 0 Å². The number of phenolic OH excluding ortho intramolecular Hbond substituents is 1. The Morgan fingerprint density at radius 2 is 2.00 bits per heavy atom. The van der Waals surface area contributed by atoms with Crippen LogP contribution in [0.15, 0.2) is 54.7 Å². The Bertz CT molecular complexity index is 1340. The van der Waals surface area contributed by atoms with E-state index in [-0.39, 0.29) is 11.7 Å². The Morgan fingerprint density at radius 3 is 2.83 bits per heavy atom. The van der Waals surface area contributed by atoms with Crippen LogP contribution in [-0.2, 0) is 0 Å². The summed E-state index contributed by atoms with van der Waals surface area (Å²) in [6.45, 7) is 2.80. The molecule has 2 aromatic carbocycles. The van der Waals surface area contributed by atoms with E-state index in [0.29, 0.717) is 35.3 Å². The number of imidazole rings is 1. The van der Waals surface area contributed by atoms with Crippen LogP contribution in [0.25, 0.3) is 33.5 Å². The summed E-state index contributed by atoms with van der Waals surface area (Å²) in [5.74, 6) is 1.71.